The molecule has 0 aliphatic rings. The highest BCUT2D eigenvalue weighted by atomic mass is 35.5. The number of nitro benzene ring substituents is 1. The van der Waals surface area contributed by atoms with E-state index in [2.05, 4.69) is 5.32 Å². The number of aliphatic hydroxyl groups excluding tert-OH is 1. The Bertz CT molecular complexity index is 442. The zero-order valence-electron chi connectivity index (χ0n) is 9.48. The molecule has 0 saturated carbocycles. The second-order valence-electron chi connectivity index (χ2n) is 4.05. The molecule has 0 spiro atoms. The number of hydrogen-bond donors (Lipinski definition) is 3. The first-order chi connectivity index (χ1) is 8.26. The van der Waals surface area contributed by atoms with Crippen LogP contribution in [-0.2, 0) is 0 Å². The first-order valence-corrected chi connectivity index (χ1v) is 5.73. The summed E-state index contributed by atoms with van der Waals surface area (Å²) in [6.45, 7) is 0.982. The molecular weight excluding hydrogens is 283 g/mol. The molecule has 0 aliphatic carbocycles. The lowest BCUT2D eigenvalue weighted by atomic mass is 10.1. The summed E-state index contributed by atoms with van der Waals surface area (Å²) in [7, 11) is 0. The van der Waals surface area contributed by atoms with Crippen LogP contribution >= 0.6 is 23.2 Å². The molecular formula is C10H12Cl2N2O4. The average Bonchev–Trinajstić information content (AvgIpc) is 2.27. The predicted molar refractivity (Wildman–Crippen MR) is 69.3 cm³/mol. The summed E-state index contributed by atoms with van der Waals surface area (Å²) in [5.41, 5.74) is -1.28. The van der Waals surface area contributed by atoms with E-state index in [-0.39, 0.29) is 28.0 Å². The van der Waals surface area contributed by atoms with Gasteiger partial charge in [-0.1, -0.05) is 23.2 Å². The number of nitrogens with zero attached hydrogens (tertiary/aromatic N) is 1. The molecule has 1 atom stereocenters. The van der Waals surface area contributed by atoms with Crippen molar-refractivity contribution in [1.29, 1.82) is 0 Å². The predicted octanol–water partition coefficient (Wildman–Crippen LogP) is 2.06. The van der Waals surface area contributed by atoms with Gasteiger partial charge in [0.1, 0.15) is 5.60 Å². The summed E-state index contributed by atoms with van der Waals surface area (Å²) in [5.74, 6) is 0. The number of aliphatic hydroxyl groups is 2. The minimum atomic E-state index is -1.34. The molecule has 18 heavy (non-hydrogen) atoms. The zero-order chi connectivity index (χ0) is 13.9. The third-order valence-corrected chi connectivity index (χ3v) is 2.82. The Morgan fingerprint density at radius 2 is 1.94 bits per heavy atom. The second-order valence-corrected chi connectivity index (χ2v) is 4.86. The van der Waals surface area contributed by atoms with Crippen molar-refractivity contribution >= 4 is 34.6 Å². The van der Waals surface area contributed by atoms with Crippen molar-refractivity contribution in [3.05, 3.63) is 32.3 Å². The number of non-ortho nitro benzene ring substituents is 1. The maximum absolute atomic E-state index is 10.6. The molecule has 6 nitrogen and oxygen atoms in total. The first kappa shape index (κ1) is 15.0. The van der Waals surface area contributed by atoms with Crippen molar-refractivity contribution < 1.29 is 15.1 Å². The molecule has 8 heteroatoms. The molecule has 1 aromatic rings. The van der Waals surface area contributed by atoms with Crippen molar-refractivity contribution in [2.75, 3.05) is 18.5 Å². The molecule has 0 aromatic heterocycles. The van der Waals surface area contributed by atoms with E-state index in [0.717, 1.165) is 12.1 Å². The molecule has 0 bridgehead atoms. The van der Waals surface area contributed by atoms with E-state index in [9.17, 15) is 15.2 Å². The third kappa shape index (κ3) is 3.71. The van der Waals surface area contributed by atoms with Gasteiger partial charge in [0.25, 0.3) is 5.69 Å². The fourth-order valence-electron chi connectivity index (χ4n) is 1.17. The van der Waals surface area contributed by atoms with Crippen LogP contribution < -0.4 is 5.32 Å². The SMILES string of the molecule is CC(O)(CO)CNc1c(Cl)cc([N+](=O)[O-])cc1Cl. The van der Waals surface area contributed by atoms with Gasteiger partial charge >= 0.3 is 0 Å². The van der Waals surface area contributed by atoms with Gasteiger partial charge in [-0.25, -0.2) is 0 Å². The summed E-state index contributed by atoms with van der Waals surface area (Å²) >= 11 is 11.7. The summed E-state index contributed by atoms with van der Waals surface area (Å²) in [5, 5.41) is 31.9. The van der Waals surface area contributed by atoms with Crippen LogP contribution in [0.25, 0.3) is 0 Å². The molecule has 100 valence electrons. The highest BCUT2D eigenvalue weighted by Gasteiger charge is 2.21. The van der Waals surface area contributed by atoms with Gasteiger partial charge in [0.2, 0.25) is 0 Å². The van der Waals surface area contributed by atoms with Crippen LogP contribution in [0.2, 0.25) is 10.0 Å². The van der Waals surface area contributed by atoms with Gasteiger partial charge in [-0.05, 0) is 6.92 Å². The van der Waals surface area contributed by atoms with E-state index in [1.54, 1.807) is 0 Å². The number of nitrogens with one attached hydrogen (secondary N) is 1. The Hall–Kier alpha value is -1.08. The van der Waals surface area contributed by atoms with Crippen LogP contribution in [0.1, 0.15) is 6.92 Å². The van der Waals surface area contributed by atoms with E-state index >= 15 is 0 Å². The lowest BCUT2D eigenvalue weighted by Crippen LogP contribution is -2.37. The Kier molecular flexibility index (Phi) is 4.75. The van der Waals surface area contributed by atoms with E-state index in [4.69, 9.17) is 28.3 Å². The van der Waals surface area contributed by atoms with Gasteiger partial charge < -0.3 is 15.5 Å². The van der Waals surface area contributed by atoms with Crippen LogP contribution in [-0.4, -0.2) is 33.9 Å². The lowest BCUT2D eigenvalue weighted by molar-refractivity contribution is -0.384. The van der Waals surface area contributed by atoms with Crippen LogP contribution in [0.4, 0.5) is 11.4 Å². The number of anilines is 1. The average molecular weight is 295 g/mol. The number of hydrogen-bond acceptors (Lipinski definition) is 5. The van der Waals surface area contributed by atoms with E-state index in [1.807, 2.05) is 0 Å². The van der Waals surface area contributed by atoms with Crippen molar-refractivity contribution in [2.45, 2.75) is 12.5 Å². The zero-order valence-corrected chi connectivity index (χ0v) is 11.0. The van der Waals surface area contributed by atoms with Gasteiger partial charge in [0.15, 0.2) is 0 Å². The van der Waals surface area contributed by atoms with Crippen LogP contribution in [0.5, 0.6) is 0 Å². The Morgan fingerprint density at radius 3 is 2.33 bits per heavy atom. The van der Waals surface area contributed by atoms with Crippen molar-refractivity contribution in [2.24, 2.45) is 0 Å². The molecule has 0 saturated heterocycles. The molecule has 0 radical (unpaired) electrons. The molecule has 0 aliphatic heterocycles. The quantitative estimate of drug-likeness (QED) is 0.571. The molecule has 1 unspecified atom stereocenters. The van der Waals surface area contributed by atoms with E-state index in [1.165, 1.54) is 6.92 Å². The highest BCUT2D eigenvalue weighted by molar-refractivity contribution is 6.39. The van der Waals surface area contributed by atoms with Crippen LogP contribution in [0, 0.1) is 10.1 Å². The lowest BCUT2D eigenvalue weighted by Gasteiger charge is -2.22. The fraction of sp³-hybridized carbons (Fsp3) is 0.400. The summed E-state index contributed by atoms with van der Waals surface area (Å²) < 4.78 is 0. The minimum Gasteiger partial charge on any atom is -0.393 e. The van der Waals surface area contributed by atoms with Gasteiger partial charge in [-0.15, -0.1) is 0 Å². The Morgan fingerprint density at radius 1 is 1.44 bits per heavy atom. The second kappa shape index (κ2) is 5.71. The fourth-order valence-corrected chi connectivity index (χ4v) is 1.78. The molecule has 0 heterocycles. The maximum atomic E-state index is 10.6. The normalized spacial score (nSPS) is 14.1. The van der Waals surface area contributed by atoms with Crippen LogP contribution in [0.3, 0.4) is 0 Å². The topological polar surface area (TPSA) is 95.6 Å². The summed E-state index contributed by atoms with van der Waals surface area (Å²) in [6.07, 6.45) is 0. The highest BCUT2D eigenvalue weighted by Crippen LogP contribution is 2.34. The minimum absolute atomic E-state index is 0.000745. The monoisotopic (exact) mass is 294 g/mol. The van der Waals surface area contributed by atoms with E-state index < -0.39 is 17.1 Å². The van der Waals surface area contributed by atoms with Crippen molar-refractivity contribution in [3.63, 3.8) is 0 Å². The van der Waals surface area contributed by atoms with Crippen LogP contribution in [0.15, 0.2) is 12.1 Å². The standard InChI is InChI=1S/C10H12Cl2N2O4/c1-10(16,5-15)4-13-9-7(11)2-6(14(17)18)3-8(9)12/h2-3,13,15-16H,4-5H2,1H3. The smallest absolute Gasteiger partial charge is 0.272 e. The Labute approximate surface area is 113 Å². The molecule has 0 fully saturated rings. The van der Waals surface area contributed by atoms with Crippen molar-refractivity contribution in [3.8, 4) is 0 Å². The summed E-state index contributed by atoms with van der Waals surface area (Å²) in [4.78, 5) is 9.97. The maximum Gasteiger partial charge on any atom is 0.272 e. The Balaban J connectivity index is 2.94. The first-order valence-electron chi connectivity index (χ1n) is 4.97. The number of rotatable bonds is 5. The number of nitro groups is 1. The van der Waals surface area contributed by atoms with E-state index in [0.29, 0.717) is 0 Å². The summed E-state index contributed by atoms with van der Waals surface area (Å²) in [6, 6.07) is 2.31. The number of benzene rings is 1. The van der Waals surface area contributed by atoms with Gasteiger partial charge in [0, 0.05) is 18.7 Å². The third-order valence-electron chi connectivity index (χ3n) is 2.22. The molecule has 3 N–H and O–H groups in total. The molecule has 1 aromatic carbocycles. The number of halogens is 2. The molecule has 0 amide bonds. The van der Waals surface area contributed by atoms with Gasteiger partial charge in [-0.2, -0.15) is 0 Å². The largest absolute Gasteiger partial charge is 0.393 e. The van der Waals surface area contributed by atoms with Crippen molar-refractivity contribution in [1.82, 2.24) is 0 Å². The van der Waals surface area contributed by atoms with Gasteiger partial charge in [-0.3, -0.25) is 10.1 Å². The molecule has 1 rings (SSSR count). The van der Waals surface area contributed by atoms with Gasteiger partial charge in [0.05, 0.1) is 27.3 Å².